The van der Waals surface area contributed by atoms with Crippen LogP contribution >= 0.6 is 0 Å². The zero-order valence-electron chi connectivity index (χ0n) is 8.03. The lowest BCUT2D eigenvalue weighted by atomic mass is 10.2. The van der Waals surface area contributed by atoms with E-state index < -0.39 is 11.9 Å². The zero-order valence-corrected chi connectivity index (χ0v) is 8.03. The normalized spacial score (nSPS) is 15.0. The van der Waals surface area contributed by atoms with Crippen LogP contribution in [0.15, 0.2) is 0 Å². The van der Waals surface area contributed by atoms with Crippen LogP contribution in [-0.2, 0) is 4.79 Å². The van der Waals surface area contributed by atoms with Gasteiger partial charge in [0, 0.05) is 12.6 Å². The van der Waals surface area contributed by atoms with Crippen molar-refractivity contribution in [1.29, 1.82) is 5.26 Å². The average molecular weight is 184 g/mol. The number of hydrogen-bond acceptors (Lipinski definition) is 4. The molecule has 0 saturated heterocycles. The van der Waals surface area contributed by atoms with Gasteiger partial charge in [0.2, 0.25) is 5.91 Å². The van der Waals surface area contributed by atoms with Crippen molar-refractivity contribution in [2.75, 3.05) is 13.6 Å². The fraction of sp³-hybridized carbons (Fsp3) is 0.750. The van der Waals surface area contributed by atoms with E-state index in [2.05, 4.69) is 6.07 Å². The van der Waals surface area contributed by atoms with Crippen molar-refractivity contribution >= 4 is 5.91 Å². The first-order chi connectivity index (χ1) is 5.99. The molecule has 13 heavy (non-hydrogen) atoms. The van der Waals surface area contributed by atoms with Crippen molar-refractivity contribution in [1.82, 2.24) is 4.90 Å². The van der Waals surface area contributed by atoms with Crippen LogP contribution in [0.4, 0.5) is 0 Å². The second-order valence-electron chi connectivity index (χ2n) is 3.16. The van der Waals surface area contributed by atoms with E-state index in [1.807, 2.05) is 18.9 Å². The predicted octanol–water partition coefficient (Wildman–Crippen LogP) is -0.967. The van der Waals surface area contributed by atoms with E-state index in [1.54, 1.807) is 0 Å². The lowest BCUT2D eigenvalue weighted by molar-refractivity contribution is -0.119. The lowest BCUT2D eigenvalue weighted by Crippen LogP contribution is -2.47. The summed E-state index contributed by atoms with van der Waals surface area (Å²) in [6, 6.07) is 1.48. The molecular weight excluding hydrogens is 168 g/mol. The topological polar surface area (TPSA) is 96.1 Å². The molecule has 5 heteroatoms. The molecule has 0 aliphatic rings. The highest BCUT2D eigenvalue weighted by molar-refractivity contribution is 5.79. The van der Waals surface area contributed by atoms with Gasteiger partial charge in [0.15, 0.2) is 0 Å². The van der Waals surface area contributed by atoms with Gasteiger partial charge in [-0.25, -0.2) is 0 Å². The average Bonchev–Trinajstić information content (AvgIpc) is 2.04. The second kappa shape index (κ2) is 5.51. The maximum Gasteiger partial charge on any atom is 0.235 e. The van der Waals surface area contributed by atoms with Gasteiger partial charge in [-0.05, 0) is 14.0 Å². The molecule has 0 aromatic rings. The van der Waals surface area contributed by atoms with Crippen LogP contribution in [0.3, 0.4) is 0 Å². The van der Waals surface area contributed by atoms with Crippen molar-refractivity contribution in [3.05, 3.63) is 0 Å². The standard InChI is InChI=1S/C8H16N4O/c1-6(3-4-9)12(2)5-7(10)8(11)13/h6-7H,3,5,10H2,1-2H3,(H2,11,13). The molecule has 0 bridgehead atoms. The largest absolute Gasteiger partial charge is 0.368 e. The van der Waals surface area contributed by atoms with Gasteiger partial charge in [-0.3, -0.25) is 4.79 Å². The van der Waals surface area contributed by atoms with Crippen LogP contribution in [0.5, 0.6) is 0 Å². The van der Waals surface area contributed by atoms with Gasteiger partial charge in [0.25, 0.3) is 0 Å². The number of carbonyl (C=O) groups is 1. The number of carbonyl (C=O) groups excluding carboxylic acids is 1. The van der Waals surface area contributed by atoms with Crippen molar-refractivity contribution in [2.45, 2.75) is 25.4 Å². The van der Waals surface area contributed by atoms with Crippen LogP contribution < -0.4 is 11.5 Å². The van der Waals surface area contributed by atoms with Crippen LogP contribution in [-0.4, -0.2) is 36.5 Å². The summed E-state index contributed by atoms with van der Waals surface area (Å²) in [6.07, 6.45) is 0.419. The maximum atomic E-state index is 10.6. The van der Waals surface area contributed by atoms with Gasteiger partial charge in [-0.1, -0.05) is 0 Å². The highest BCUT2D eigenvalue weighted by atomic mass is 16.1. The van der Waals surface area contributed by atoms with Crippen molar-refractivity contribution in [2.24, 2.45) is 11.5 Å². The molecule has 0 radical (unpaired) electrons. The van der Waals surface area contributed by atoms with Gasteiger partial charge in [-0.15, -0.1) is 0 Å². The fourth-order valence-corrected chi connectivity index (χ4v) is 0.868. The molecule has 74 valence electrons. The molecule has 0 saturated carbocycles. The molecule has 2 unspecified atom stereocenters. The van der Waals surface area contributed by atoms with Gasteiger partial charge in [-0.2, -0.15) is 5.26 Å². The number of primary amides is 1. The Labute approximate surface area is 78.3 Å². The molecule has 0 aliphatic carbocycles. The van der Waals surface area contributed by atoms with E-state index in [0.717, 1.165) is 0 Å². The molecule has 2 atom stereocenters. The minimum absolute atomic E-state index is 0.0930. The first-order valence-corrected chi connectivity index (χ1v) is 4.11. The van der Waals surface area contributed by atoms with E-state index in [0.29, 0.717) is 13.0 Å². The molecule has 5 nitrogen and oxygen atoms in total. The third-order valence-electron chi connectivity index (χ3n) is 1.99. The molecule has 0 rings (SSSR count). The molecular formula is C8H16N4O. The van der Waals surface area contributed by atoms with Crippen LogP contribution in [0.2, 0.25) is 0 Å². The highest BCUT2D eigenvalue weighted by Gasteiger charge is 2.15. The molecule has 4 N–H and O–H groups in total. The zero-order chi connectivity index (χ0) is 10.4. The lowest BCUT2D eigenvalue weighted by Gasteiger charge is -2.24. The summed E-state index contributed by atoms with van der Waals surface area (Å²) < 4.78 is 0. The van der Waals surface area contributed by atoms with Crippen molar-refractivity contribution < 1.29 is 4.79 Å². The molecule has 0 aromatic heterocycles. The predicted molar refractivity (Wildman–Crippen MR) is 49.5 cm³/mol. The van der Waals surface area contributed by atoms with E-state index in [9.17, 15) is 4.79 Å². The maximum absolute atomic E-state index is 10.6. The number of rotatable bonds is 5. The van der Waals surface area contributed by atoms with E-state index in [1.165, 1.54) is 0 Å². The molecule has 0 heterocycles. The molecule has 0 fully saturated rings. The minimum atomic E-state index is -0.661. The highest BCUT2D eigenvalue weighted by Crippen LogP contribution is 1.99. The summed E-state index contributed by atoms with van der Waals surface area (Å²) in [6.45, 7) is 2.29. The van der Waals surface area contributed by atoms with Crippen LogP contribution in [0, 0.1) is 11.3 Å². The monoisotopic (exact) mass is 184 g/mol. The van der Waals surface area contributed by atoms with Gasteiger partial charge in [0.05, 0.1) is 18.5 Å². The van der Waals surface area contributed by atoms with Gasteiger partial charge in [0.1, 0.15) is 0 Å². The first-order valence-electron chi connectivity index (χ1n) is 4.11. The van der Waals surface area contributed by atoms with E-state index in [-0.39, 0.29) is 6.04 Å². The summed E-state index contributed by atoms with van der Waals surface area (Å²) in [5.41, 5.74) is 10.5. The summed E-state index contributed by atoms with van der Waals surface area (Å²) in [5.74, 6) is -0.518. The Balaban J connectivity index is 3.93. The first kappa shape index (κ1) is 11.9. The van der Waals surface area contributed by atoms with Gasteiger partial charge >= 0.3 is 0 Å². The molecule has 0 aromatic carbocycles. The Kier molecular flexibility index (Phi) is 5.04. The van der Waals surface area contributed by atoms with E-state index in [4.69, 9.17) is 16.7 Å². The summed E-state index contributed by atoms with van der Waals surface area (Å²) in [5, 5.41) is 8.43. The van der Waals surface area contributed by atoms with Crippen LogP contribution in [0.1, 0.15) is 13.3 Å². The smallest absolute Gasteiger partial charge is 0.235 e. The minimum Gasteiger partial charge on any atom is -0.368 e. The Morgan fingerprint density at radius 1 is 1.69 bits per heavy atom. The molecule has 0 spiro atoms. The third-order valence-corrected chi connectivity index (χ3v) is 1.99. The number of amides is 1. The number of nitrogens with two attached hydrogens (primary N) is 2. The molecule has 0 aliphatic heterocycles. The number of nitriles is 1. The second-order valence-corrected chi connectivity index (χ2v) is 3.16. The summed E-state index contributed by atoms with van der Waals surface area (Å²) in [7, 11) is 1.81. The van der Waals surface area contributed by atoms with Crippen LogP contribution in [0.25, 0.3) is 0 Å². The Hall–Kier alpha value is -1.12. The molecule has 1 amide bonds. The van der Waals surface area contributed by atoms with Gasteiger partial charge < -0.3 is 16.4 Å². The third kappa shape index (κ3) is 4.45. The van der Waals surface area contributed by atoms with Crippen molar-refractivity contribution in [3.8, 4) is 6.07 Å². The Morgan fingerprint density at radius 2 is 2.23 bits per heavy atom. The summed E-state index contributed by atoms with van der Waals surface area (Å²) in [4.78, 5) is 12.5. The number of nitrogens with zero attached hydrogens (tertiary/aromatic N) is 2. The summed E-state index contributed by atoms with van der Waals surface area (Å²) >= 11 is 0. The fourth-order valence-electron chi connectivity index (χ4n) is 0.868. The number of likely N-dealkylation sites (N-methyl/N-ethyl adjacent to an activating group) is 1. The van der Waals surface area contributed by atoms with E-state index >= 15 is 0 Å². The quantitative estimate of drug-likeness (QED) is 0.574. The Bertz CT molecular complexity index is 211. The number of hydrogen-bond donors (Lipinski definition) is 2. The Morgan fingerprint density at radius 3 is 2.62 bits per heavy atom. The van der Waals surface area contributed by atoms with Crippen molar-refractivity contribution in [3.63, 3.8) is 0 Å². The SMILES string of the molecule is CC(CC#N)N(C)CC(N)C(N)=O.